The maximum absolute atomic E-state index is 12.5. The van der Waals surface area contributed by atoms with E-state index in [2.05, 4.69) is 45.4 Å². The fraction of sp³-hybridized carbons (Fsp3) is 0.421. The maximum Gasteiger partial charge on any atom is 0.274 e. The Morgan fingerprint density at radius 1 is 1.24 bits per heavy atom. The number of aromatic nitrogens is 2. The van der Waals surface area contributed by atoms with Crippen LogP contribution in [-0.2, 0) is 0 Å². The molecule has 6 nitrogen and oxygen atoms in total. The minimum Gasteiger partial charge on any atom is -0.372 e. The number of nitrogens with one attached hydrogen (secondary N) is 2. The third-order valence-electron chi connectivity index (χ3n) is 4.39. The fourth-order valence-corrected chi connectivity index (χ4v) is 2.72. The molecule has 0 saturated heterocycles. The van der Waals surface area contributed by atoms with Crippen LogP contribution in [0.2, 0.25) is 0 Å². The number of anilines is 3. The lowest BCUT2D eigenvalue weighted by Crippen LogP contribution is -2.22. The number of aryl methyl sites for hydroxylation is 1. The summed E-state index contributed by atoms with van der Waals surface area (Å²) in [5.74, 6) is 0.295. The number of hydrogen-bond acceptors (Lipinski definition) is 5. The van der Waals surface area contributed by atoms with E-state index in [9.17, 15) is 4.79 Å². The molecule has 1 heterocycles. The summed E-state index contributed by atoms with van der Waals surface area (Å²) in [6.45, 7) is 8.19. The summed E-state index contributed by atoms with van der Waals surface area (Å²) in [4.78, 5) is 23.3. The molecule has 3 rings (SSSR count). The Labute approximate surface area is 148 Å². The Hall–Kier alpha value is -2.63. The fourth-order valence-electron chi connectivity index (χ4n) is 2.72. The molecule has 0 unspecified atom stereocenters. The first kappa shape index (κ1) is 17.2. The summed E-state index contributed by atoms with van der Waals surface area (Å²) in [6.07, 6.45) is 3.89. The highest BCUT2D eigenvalue weighted by Gasteiger charge is 2.22. The zero-order valence-electron chi connectivity index (χ0n) is 15.0. The van der Waals surface area contributed by atoms with Crippen molar-refractivity contribution in [2.24, 2.45) is 0 Å². The molecule has 2 N–H and O–H groups in total. The van der Waals surface area contributed by atoms with E-state index in [4.69, 9.17) is 0 Å². The van der Waals surface area contributed by atoms with Gasteiger partial charge in [0.2, 0.25) is 5.95 Å². The van der Waals surface area contributed by atoms with Crippen molar-refractivity contribution in [1.29, 1.82) is 0 Å². The van der Waals surface area contributed by atoms with Crippen LogP contribution in [0.3, 0.4) is 0 Å². The molecule has 1 aliphatic carbocycles. The summed E-state index contributed by atoms with van der Waals surface area (Å²) in [6, 6.07) is 8.17. The lowest BCUT2D eigenvalue weighted by atomic mass is 10.1. The van der Waals surface area contributed by atoms with Crippen molar-refractivity contribution in [3.8, 4) is 0 Å². The highest BCUT2D eigenvalue weighted by molar-refractivity contribution is 6.03. The van der Waals surface area contributed by atoms with Crippen LogP contribution in [0.15, 0.2) is 30.5 Å². The van der Waals surface area contributed by atoms with Gasteiger partial charge in [-0.05, 0) is 63.4 Å². The Bertz CT molecular complexity index is 753. The molecular formula is C19H25N5O. The molecule has 6 heteroatoms. The van der Waals surface area contributed by atoms with Crippen molar-refractivity contribution in [2.45, 2.75) is 39.7 Å². The van der Waals surface area contributed by atoms with Crippen molar-refractivity contribution < 1.29 is 4.79 Å². The van der Waals surface area contributed by atoms with Gasteiger partial charge in [-0.25, -0.2) is 9.97 Å². The lowest BCUT2D eigenvalue weighted by Gasteiger charge is -2.22. The Morgan fingerprint density at radius 2 is 2.00 bits per heavy atom. The maximum atomic E-state index is 12.5. The first-order chi connectivity index (χ1) is 12.1. The monoisotopic (exact) mass is 339 g/mol. The summed E-state index contributed by atoms with van der Waals surface area (Å²) in [7, 11) is 0. The van der Waals surface area contributed by atoms with Crippen molar-refractivity contribution in [2.75, 3.05) is 28.6 Å². The van der Waals surface area contributed by atoms with Gasteiger partial charge in [-0.1, -0.05) is 0 Å². The number of carbonyl (C=O) groups excluding carboxylic acids is 1. The van der Waals surface area contributed by atoms with Crippen molar-refractivity contribution >= 4 is 23.2 Å². The molecule has 1 fully saturated rings. The SMILES string of the molecule is CCN(CC)c1ccc(NC(=O)c2ccnc(NC3CC3)n2)c(C)c1. The molecule has 1 aliphatic rings. The second kappa shape index (κ2) is 7.51. The van der Waals surface area contributed by atoms with Gasteiger partial charge in [0.25, 0.3) is 5.91 Å². The van der Waals surface area contributed by atoms with E-state index in [1.54, 1.807) is 12.3 Å². The van der Waals surface area contributed by atoms with Gasteiger partial charge < -0.3 is 15.5 Å². The first-order valence-corrected chi connectivity index (χ1v) is 8.87. The van der Waals surface area contributed by atoms with Crippen LogP contribution in [0.1, 0.15) is 42.7 Å². The molecule has 132 valence electrons. The van der Waals surface area contributed by atoms with E-state index in [-0.39, 0.29) is 5.91 Å². The normalized spacial score (nSPS) is 13.4. The smallest absolute Gasteiger partial charge is 0.274 e. The van der Waals surface area contributed by atoms with Gasteiger partial charge in [0.15, 0.2) is 0 Å². The summed E-state index contributed by atoms with van der Waals surface area (Å²) >= 11 is 0. The average Bonchev–Trinajstić information content (AvgIpc) is 3.42. The molecule has 0 aliphatic heterocycles. The Morgan fingerprint density at radius 3 is 2.64 bits per heavy atom. The summed E-state index contributed by atoms with van der Waals surface area (Å²) in [5, 5.41) is 6.16. The zero-order chi connectivity index (χ0) is 17.8. The molecule has 1 amide bonds. The Balaban J connectivity index is 1.72. The van der Waals surface area contributed by atoms with E-state index in [1.165, 1.54) is 5.69 Å². The minimum absolute atomic E-state index is 0.222. The van der Waals surface area contributed by atoms with Gasteiger partial charge in [0.05, 0.1) is 0 Å². The third-order valence-corrected chi connectivity index (χ3v) is 4.39. The number of amides is 1. The minimum atomic E-state index is -0.222. The van der Waals surface area contributed by atoms with Gasteiger partial charge in [-0.2, -0.15) is 0 Å². The highest BCUT2D eigenvalue weighted by atomic mass is 16.1. The van der Waals surface area contributed by atoms with E-state index in [1.807, 2.05) is 19.1 Å². The van der Waals surface area contributed by atoms with Crippen molar-refractivity contribution in [3.63, 3.8) is 0 Å². The van der Waals surface area contributed by atoms with E-state index in [0.29, 0.717) is 17.7 Å². The van der Waals surface area contributed by atoms with Gasteiger partial charge in [-0.3, -0.25) is 4.79 Å². The van der Waals surface area contributed by atoms with Crippen molar-refractivity contribution in [1.82, 2.24) is 9.97 Å². The third kappa shape index (κ3) is 4.26. The molecule has 1 aromatic heterocycles. The highest BCUT2D eigenvalue weighted by Crippen LogP contribution is 2.24. The van der Waals surface area contributed by atoms with Gasteiger partial charge in [-0.15, -0.1) is 0 Å². The molecule has 1 aromatic carbocycles. The molecule has 25 heavy (non-hydrogen) atoms. The van der Waals surface area contributed by atoms with E-state index < -0.39 is 0 Å². The quantitative estimate of drug-likeness (QED) is 0.808. The largest absolute Gasteiger partial charge is 0.372 e. The molecular weight excluding hydrogens is 314 g/mol. The molecule has 0 bridgehead atoms. The second-order valence-corrected chi connectivity index (χ2v) is 6.31. The van der Waals surface area contributed by atoms with Crippen LogP contribution in [-0.4, -0.2) is 35.0 Å². The Kier molecular flexibility index (Phi) is 5.16. The average molecular weight is 339 g/mol. The van der Waals surface area contributed by atoms with Crippen LogP contribution in [0.5, 0.6) is 0 Å². The molecule has 0 radical (unpaired) electrons. The van der Waals surface area contributed by atoms with Crippen molar-refractivity contribution in [3.05, 3.63) is 41.7 Å². The topological polar surface area (TPSA) is 70.2 Å². The van der Waals surface area contributed by atoms with Gasteiger partial charge >= 0.3 is 0 Å². The number of nitrogens with zero attached hydrogens (tertiary/aromatic N) is 3. The summed E-state index contributed by atoms with van der Waals surface area (Å²) in [5.41, 5.74) is 3.36. The second-order valence-electron chi connectivity index (χ2n) is 6.31. The molecule has 2 aromatic rings. The van der Waals surface area contributed by atoms with Crippen LogP contribution < -0.4 is 15.5 Å². The summed E-state index contributed by atoms with van der Waals surface area (Å²) < 4.78 is 0. The molecule has 1 saturated carbocycles. The number of hydrogen-bond donors (Lipinski definition) is 2. The molecule has 0 atom stereocenters. The van der Waals surface area contributed by atoms with Gasteiger partial charge in [0.1, 0.15) is 5.69 Å². The lowest BCUT2D eigenvalue weighted by molar-refractivity contribution is 0.102. The number of carbonyl (C=O) groups is 1. The van der Waals surface area contributed by atoms with Crippen LogP contribution in [0.25, 0.3) is 0 Å². The first-order valence-electron chi connectivity index (χ1n) is 8.87. The number of benzene rings is 1. The van der Waals surface area contributed by atoms with Crippen LogP contribution >= 0.6 is 0 Å². The van der Waals surface area contributed by atoms with E-state index >= 15 is 0 Å². The predicted molar refractivity (Wildman–Crippen MR) is 101 cm³/mol. The van der Waals surface area contributed by atoms with Crippen LogP contribution in [0.4, 0.5) is 17.3 Å². The number of rotatable bonds is 7. The predicted octanol–water partition coefficient (Wildman–Crippen LogP) is 3.46. The van der Waals surface area contributed by atoms with E-state index in [0.717, 1.165) is 37.2 Å². The van der Waals surface area contributed by atoms with Crippen LogP contribution in [0, 0.1) is 6.92 Å². The van der Waals surface area contributed by atoms with Gasteiger partial charge in [0, 0.05) is 36.7 Å². The standard InChI is InChI=1S/C19H25N5O/c1-4-24(5-2)15-8-9-16(13(3)12-15)22-18(25)17-10-11-20-19(23-17)21-14-6-7-14/h8-12,14H,4-7H2,1-3H3,(H,22,25)(H,20,21,23). The molecule has 0 spiro atoms. The zero-order valence-corrected chi connectivity index (χ0v) is 15.0.